The summed E-state index contributed by atoms with van der Waals surface area (Å²) in [7, 11) is 1.33. The maximum Gasteiger partial charge on any atom is 0.424 e. The van der Waals surface area contributed by atoms with Gasteiger partial charge >= 0.3 is 6.18 Å². The number of alkyl halides is 4. The topological polar surface area (TPSA) is 137 Å². The van der Waals surface area contributed by atoms with Crippen LogP contribution in [0.15, 0.2) is 54.7 Å². The van der Waals surface area contributed by atoms with Crippen molar-refractivity contribution in [2.75, 3.05) is 20.3 Å². The Bertz CT molecular complexity index is 1770. The van der Waals surface area contributed by atoms with E-state index >= 15 is 4.39 Å². The third-order valence-corrected chi connectivity index (χ3v) is 7.09. The summed E-state index contributed by atoms with van der Waals surface area (Å²) in [5, 5.41) is 13.6. The van der Waals surface area contributed by atoms with Crippen molar-refractivity contribution in [2.24, 2.45) is 5.73 Å². The first-order chi connectivity index (χ1) is 20.2. The number of aliphatic hydroxyl groups is 1. The highest BCUT2D eigenvalue weighted by Crippen LogP contribution is 2.48. The van der Waals surface area contributed by atoms with Gasteiger partial charge in [-0.25, -0.2) is 13.8 Å². The van der Waals surface area contributed by atoms with Crippen LogP contribution >= 0.6 is 0 Å². The van der Waals surface area contributed by atoms with Crippen LogP contribution in [0, 0.1) is 12.7 Å². The average Bonchev–Trinajstić information content (AvgIpc) is 3.32. The Balaban J connectivity index is 1.59. The van der Waals surface area contributed by atoms with Gasteiger partial charge in [-0.15, -0.1) is 0 Å². The van der Waals surface area contributed by atoms with E-state index in [2.05, 4.69) is 15.3 Å². The molecule has 2 aromatic heterocycles. The van der Waals surface area contributed by atoms with Gasteiger partial charge in [0.2, 0.25) is 5.60 Å². The van der Waals surface area contributed by atoms with E-state index in [0.717, 1.165) is 29.8 Å². The molecule has 4 N–H and O–H groups in total. The Labute approximate surface area is 240 Å². The van der Waals surface area contributed by atoms with Crippen molar-refractivity contribution in [3.05, 3.63) is 82.9 Å². The van der Waals surface area contributed by atoms with Crippen molar-refractivity contribution in [2.45, 2.75) is 24.4 Å². The fourth-order valence-corrected chi connectivity index (χ4v) is 4.70. The van der Waals surface area contributed by atoms with Gasteiger partial charge in [-0.05, 0) is 61.0 Å². The Morgan fingerprint density at radius 2 is 1.86 bits per heavy atom. The van der Waals surface area contributed by atoms with Crippen molar-refractivity contribution in [1.82, 2.24) is 15.3 Å². The molecule has 1 aliphatic rings. The van der Waals surface area contributed by atoms with Crippen LogP contribution in [-0.2, 0) is 16.1 Å². The summed E-state index contributed by atoms with van der Waals surface area (Å²) in [6.07, 6.45) is -3.90. The first-order valence-corrected chi connectivity index (χ1v) is 12.6. The first-order valence-electron chi connectivity index (χ1n) is 12.6. The summed E-state index contributed by atoms with van der Waals surface area (Å²) in [4.78, 5) is 33.3. The number of primary amides is 1. The summed E-state index contributed by atoms with van der Waals surface area (Å²) in [6.45, 7) is -0.669. The minimum absolute atomic E-state index is 0.00561. The average molecular weight is 603 g/mol. The smallest absolute Gasteiger partial charge is 0.424 e. The van der Waals surface area contributed by atoms with E-state index in [1.807, 2.05) is 0 Å². The molecule has 4 aromatic rings. The fourth-order valence-electron chi connectivity index (χ4n) is 4.70. The molecule has 0 unspecified atom stereocenters. The molecule has 14 heteroatoms. The van der Waals surface area contributed by atoms with Crippen molar-refractivity contribution in [3.8, 4) is 22.8 Å². The highest BCUT2D eigenvalue weighted by atomic mass is 19.4. The SMILES string of the molecule is COc1cc(C(=O)NC[C@](O)(c2cc3c(c(-c4ccc(F)cc4)n2)OC[C@]3(F)C(N)=O)C(F)(F)F)cc2cc(C)cnc12. The maximum absolute atomic E-state index is 15.7. The molecule has 3 heterocycles. The van der Waals surface area contributed by atoms with Crippen LogP contribution in [0.3, 0.4) is 0 Å². The third kappa shape index (κ3) is 5.07. The van der Waals surface area contributed by atoms with Crippen LogP contribution in [-0.4, -0.2) is 53.3 Å². The zero-order valence-electron chi connectivity index (χ0n) is 22.6. The van der Waals surface area contributed by atoms with Crippen molar-refractivity contribution < 1.29 is 46.1 Å². The number of pyridine rings is 2. The largest absolute Gasteiger partial charge is 0.494 e. The van der Waals surface area contributed by atoms with Gasteiger partial charge in [0.15, 0.2) is 5.75 Å². The van der Waals surface area contributed by atoms with Crippen LogP contribution in [0.5, 0.6) is 11.5 Å². The monoisotopic (exact) mass is 602 g/mol. The standard InChI is InChI=1S/C29H23F5N4O5/c1-14-7-16-8-17(9-20(42-2)22(16)36-11-14)25(39)37-12-28(41,29(32,33)34)21-10-19-24(43-13-27(19,31)26(35)40)23(38-21)15-3-5-18(30)6-4-15/h3-11,41H,12-13H2,1-2H3,(H2,35,40)(H,37,39)/t27-,28+/m1/s1. The van der Waals surface area contributed by atoms with Gasteiger partial charge in [0.1, 0.15) is 29.4 Å². The van der Waals surface area contributed by atoms with E-state index in [4.69, 9.17) is 15.2 Å². The summed E-state index contributed by atoms with van der Waals surface area (Å²) in [5.41, 5.74) is -2.96. The number of hydrogen-bond donors (Lipinski definition) is 3. The van der Waals surface area contributed by atoms with Gasteiger partial charge in [0.05, 0.1) is 19.3 Å². The van der Waals surface area contributed by atoms with Gasteiger partial charge in [-0.1, -0.05) is 0 Å². The molecule has 2 aromatic carbocycles. The number of ether oxygens (including phenoxy) is 2. The lowest BCUT2D eigenvalue weighted by Crippen LogP contribution is -2.51. The van der Waals surface area contributed by atoms with Gasteiger partial charge < -0.3 is 25.6 Å². The molecule has 9 nitrogen and oxygen atoms in total. The number of aryl methyl sites for hydroxylation is 1. The number of nitrogens with two attached hydrogens (primary N) is 1. The Hall–Kier alpha value is -4.85. The van der Waals surface area contributed by atoms with E-state index in [9.17, 15) is 32.3 Å². The van der Waals surface area contributed by atoms with Crippen molar-refractivity contribution in [3.63, 3.8) is 0 Å². The number of nitrogens with zero attached hydrogens (tertiary/aromatic N) is 2. The number of nitrogens with one attached hydrogen (secondary N) is 1. The number of benzene rings is 2. The molecule has 0 bridgehead atoms. The molecule has 0 spiro atoms. The minimum Gasteiger partial charge on any atom is -0.494 e. The van der Waals surface area contributed by atoms with Gasteiger partial charge in [0, 0.05) is 28.3 Å². The number of methoxy groups -OCH3 is 1. The van der Waals surface area contributed by atoms with Gasteiger partial charge in [0.25, 0.3) is 17.5 Å². The van der Waals surface area contributed by atoms with Crippen LogP contribution in [0.2, 0.25) is 0 Å². The number of amides is 2. The quantitative estimate of drug-likeness (QED) is 0.272. The molecular formula is C29H23F5N4O5. The van der Waals surface area contributed by atoms with Crippen LogP contribution < -0.4 is 20.5 Å². The third-order valence-electron chi connectivity index (χ3n) is 7.09. The lowest BCUT2D eigenvalue weighted by atomic mass is 9.90. The predicted molar refractivity (Wildman–Crippen MR) is 142 cm³/mol. The van der Waals surface area contributed by atoms with Crippen LogP contribution in [0.1, 0.15) is 27.2 Å². The van der Waals surface area contributed by atoms with E-state index in [-0.39, 0.29) is 16.9 Å². The maximum atomic E-state index is 15.7. The highest BCUT2D eigenvalue weighted by molar-refractivity contribution is 6.00. The first kappa shape index (κ1) is 29.6. The predicted octanol–water partition coefficient (Wildman–Crippen LogP) is 3.98. The molecule has 2 atom stereocenters. The van der Waals surface area contributed by atoms with E-state index in [1.165, 1.54) is 19.2 Å². The molecular weight excluding hydrogens is 579 g/mol. The summed E-state index contributed by atoms with van der Waals surface area (Å²) >= 11 is 0. The number of rotatable bonds is 7. The molecule has 1 aliphatic heterocycles. The summed E-state index contributed by atoms with van der Waals surface area (Å²) in [6, 6.07) is 9.13. The second-order valence-electron chi connectivity index (χ2n) is 10.00. The van der Waals surface area contributed by atoms with E-state index in [1.54, 1.807) is 19.2 Å². The normalized spacial score (nSPS) is 17.6. The zero-order valence-corrected chi connectivity index (χ0v) is 22.6. The van der Waals surface area contributed by atoms with Gasteiger partial charge in [-0.3, -0.25) is 14.6 Å². The summed E-state index contributed by atoms with van der Waals surface area (Å²) in [5.74, 6) is -3.46. The lowest BCUT2D eigenvalue weighted by molar-refractivity contribution is -0.265. The van der Waals surface area contributed by atoms with Crippen LogP contribution in [0.4, 0.5) is 22.0 Å². The Morgan fingerprint density at radius 3 is 2.49 bits per heavy atom. The fraction of sp³-hybridized carbons (Fsp3) is 0.241. The molecule has 5 rings (SSSR count). The second kappa shape index (κ2) is 10.5. The van der Waals surface area contributed by atoms with Crippen LogP contribution in [0.25, 0.3) is 22.2 Å². The highest BCUT2D eigenvalue weighted by Gasteiger charge is 2.58. The Kier molecular flexibility index (Phi) is 7.20. The number of aromatic nitrogens is 2. The number of hydrogen-bond acceptors (Lipinski definition) is 7. The number of carbonyl (C=O) groups excluding carboxylic acids is 2. The number of carbonyl (C=O) groups is 2. The molecule has 0 saturated carbocycles. The Morgan fingerprint density at radius 1 is 1.16 bits per heavy atom. The minimum atomic E-state index is -5.48. The van der Waals surface area contributed by atoms with E-state index in [0.29, 0.717) is 17.0 Å². The lowest BCUT2D eigenvalue weighted by Gasteiger charge is -2.31. The molecule has 2 amide bonds. The molecule has 0 saturated heterocycles. The molecule has 224 valence electrons. The molecule has 43 heavy (non-hydrogen) atoms. The second-order valence-corrected chi connectivity index (χ2v) is 10.00. The summed E-state index contributed by atoms with van der Waals surface area (Å²) < 4.78 is 83.5. The molecule has 0 aliphatic carbocycles. The van der Waals surface area contributed by atoms with Crippen molar-refractivity contribution >= 4 is 22.7 Å². The van der Waals surface area contributed by atoms with Gasteiger partial charge in [-0.2, -0.15) is 13.2 Å². The molecule has 0 fully saturated rings. The van der Waals surface area contributed by atoms with E-state index < -0.39 is 70.9 Å². The number of halogens is 5. The molecule has 0 radical (unpaired) electrons. The zero-order chi connectivity index (χ0) is 31.3. The number of fused-ring (bicyclic) bond motifs is 2. The van der Waals surface area contributed by atoms with Crippen molar-refractivity contribution in [1.29, 1.82) is 0 Å².